The van der Waals surface area contributed by atoms with Gasteiger partial charge in [-0.05, 0) is 18.8 Å². The van der Waals surface area contributed by atoms with Crippen molar-refractivity contribution in [1.29, 1.82) is 5.26 Å². The van der Waals surface area contributed by atoms with Crippen LogP contribution in [0, 0.1) is 22.7 Å². The quantitative estimate of drug-likeness (QED) is 0.778. The highest BCUT2D eigenvalue weighted by Crippen LogP contribution is 2.34. The largest absolute Gasteiger partial charge is 0.383 e. The van der Waals surface area contributed by atoms with Gasteiger partial charge in [-0.3, -0.25) is 4.79 Å². The Kier molecular flexibility index (Phi) is 6.30. The lowest BCUT2D eigenvalue weighted by Gasteiger charge is -2.28. The lowest BCUT2D eigenvalue weighted by molar-refractivity contribution is -0.130. The third-order valence-corrected chi connectivity index (χ3v) is 4.07. The lowest BCUT2D eigenvalue weighted by atomic mass is 9.80. The monoisotopic (exact) mass is 266 g/mol. The Labute approximate surface area is 116 Å². The van der Waals surface area contributed by atoms with Crippen LogP contribution in [0.15, 0.2) is 0 Å². The van der Waals surface area contributed by atoms with Gasteiger partial charge in [-0.1, -0.05) is 39.5 Å². The maximum Gasteiger partial charge on any atom is 0.240 e. The SMILES string of the molecule is COCC(NC(=O)C1(C#N)CCCCCC1)C(C)C. The topological polar surface area (TPSA) is 62.1 Å². The van der Waals surface area contributed by atoms with Crippen LogP contribution in [0.2, 0.25) is 0 Å². The van der Waals surface area contributed by atoms with Gasteiger partial charge in [-0.25, -0.2) is 0 Å². The number of carbonyl (C=O) groups excluding carboxylic acids is 1. The van der Waals surface area contributed by atoms with Crippen LogP contribution in [0.1, 0.15) is 52.4 Å². The highest BCUT2D eigenvalue weighted by molar-refractivity contribution is 5.85. The van der Waals surface area contributed by atoms with Crippen LogP contribution in [-0.4, -0.2) is 25.7 Å². The first kappa shape index (κ1) is 16.0. The van der Waals surface area contributed by atoms with Crippen molar-refractivity contribution in [3.63, 3.8) is 0 Å². The van der Waals surface area contributed by atoms with Crippen LogP contribution in [0.5, 0.6) is 0 Å². The van der Waals surface area contributed by atoms with Gasteiger partial charge in [0.05, 0.1) is 18.7 Å². The maximum absolute atomic E-state index is 12.5. The van der Waals surface area contributed by atoms with Crippen LogP contribution >= 0.6 is 0 Å². The standard InChI is InChI=1S/C15H26N2O2/c1-12(2)13(10-19-3)17-14(18)15(11-16)8-6-4-5-7-9-15/h12-13H,4-10H2,1-3H3,(H,17,18). The molecule has 1 atom stereocenters. The van der Waals surface area contributed by atoms with E-state index >= 15 is 0 Å². The van der Waals surface area contributed by atoms with Gasteiger partial charge in [0, 0.05) is 7.11 Å². The molecule has 1 rings (SSSR count). The summed E-state index contributed by atoms with van der Waals surface area (Å²) in [4.78, 5) is 12.5. The van der Waals surface area contributed by atoms with E-state index in [-0.39, 0.29) is 11.9 Å². The number of carbonyl (C=O) groups is 1. The second kappa shape index (κ2) is 7.49. The van der Waals surface area contributed by atoms with E-state index in [0.29, 0.717) is 25.4 Å². The number of ether oxygens (including phenoxy) is 1. The smallest absolute Gasteiger partial charge is 0.240 e. The van der Waals surface area contributed by atoms with Crippen LogP contribution in [0.3, 0.4) is 0 Å². The predicted octanol–water partition coefficient (Wildman–Crippen LogP) is 2.64. The summed E-state index contributed by atoms with van der Waals surface area (Å²) in [5.41, 5.74) is -0.822. The van der Waals surface area contributed by atoms with E-state index < -0.39 is 5.41 Å². The van der Waals surface area contributed by atoms with Gasteiger partial charge >= 0.3 is 0 Å². The molecule has 108 valence electrons. The zero-order chi connectivity index (χ0) is 14.3. The molecule has 0 radical (unpaired) electrons. The molecule has 1 aliphatic rings. The van der Waals surface area contributed by atoms with E-state index in [1.807, 2.05) is 0 Å². The first-order valence-electron chi connectivity index (χ1n) is 7.27. The first-order chi connectivity index (χ1) is 9.05. The molecule has 1 N–H and O–H groups in total. The Morgan fingerprint density at radius 3 is 2.32 bits per heavy atom. The van der Waals surface area contributed by atoms with Gasteiger partial charge in [0.2, 0.25) is 5.91 Å². The summed E-state index contributed by atoms with van der Waals surface area (Å²) in [5.74, 6) is 0.193. The van der Waals surface area contributed by atoms with Gasteiger partial charge in [-0.15, -0.1) is 0 Å². The van der Waals surface area contributed by atoms with E-state index in [4.69, 9.17) is 4.74 Å². The summed E-state index contributed by atoms with van der Waals surface area (Å²) in [6, 6.07) is 2.27. The van der Waals surface area contributed by atoms with Gasteiger partial charge in [-0.2, -0.15) is 5.26 Å². The minimum atomic E-state index is -0.822. The summed E-state index contributed by atoms with van der Waals surface area (Å²) < 4.78 is 5.15. The van der Waals surface area contributed by atoms with Gasteiger partial charge in [0.1, 0.15) is 5.41 Å². The average Bonchev–Trinajstić information content (AvgIpc) is 2.64. The number of nitriles is 1. The molecule has 1 saturated carbocycles. The summed E-state index contributed by atoms with van der Waals surface area (Å²) in [6.45, 7) is 4.59. The first-order valence-corrected chi connectivity index (χ1v) is 7.27. The molecule has 1 aliphatic carbocycles. The van der Waals surface area contributed by atoms with Gasteiger partial charge in [0.25, 0.3) is 0 Å². The van der Waals surface area contributed by atoms with Crippen molar-refractivity contribution in [3.05, 3.63) is 0 Å². The number of nitrogens with one attached hydrogen (secondary N) is 1. The van der Waals surface area contributed by atoms with E-state index in [9.17, 15) is 10.1 Å². The minimum Gasteiger partial charge on any atom is -0.383 e. The number of rotatable bonds is 5. The zero-order valence-corrected chi connectivity index (χ0v) is 12.4. The van der Waals surface area contributed by atoms with Crippen molar-refractivity contribution in [2.24, 2.45) is 11.3 Å². The Balaban J connectivity index is 2.74. The second-order valence-corrected chi connectivity index (χ2v) is 5.89. The molecular formula is C15H26N2O2. The molecule has 0 aromatic carbocycles. The molecule has 1 unspecified atom stereocenters. The van der Waals surface area contributed by atoms with Crippen molar-refractivity contribution >= 4 is 5.91 Å². The van der Waals surface area contributed by atoms with E-state index in [2.05, 4.69) is 25.2 Å². The molecular weight excluding hydrogens is 240 g/mol. The summed E-state index contributed by atoms with van der Waals surface area (Å²) in [7, 11) is 1.63. The van der Waals surface area contributed by atoms with Gasteiger partial charge in [0.15, 0.2) is 0 Å². The van der Waals surface area contributed by atoms with Crippen LogP contribution < -0.4 is 5.32 Å². The molecule has 0 spiro atoms. The van der Waals surface area contributed by atoms with Crippen molar-refractivity contribution < 1.29 is 9.53 Å². The third kappa shape index (κ3) is 4.21. The molecule has 1 fully saturated rings. The lowest BCUT2D eigenvalue weighted by Crippen LogP contribution is -2.48. The highest BCUT2D eigenvalue weighted by Gasteiger charge is 2.39. The van der Waals surface area contributed by atoms with Crippen molar-refractivity contribution in [2.45, 2.75) is 58.4 Å². The normalized spacial score (nSPS) is 20.4. The molecule has 1 amide bonds. The fourth-order valence-electron chi connectivity index (χ4n) is 2.61. The molecule has 0 saturated heterocycles. The van der Waals surface area contributed by atoms with E-state index in [0.717, 1.165) is 25.7 Å². The molecule has 4 heteroatoms. The predicted molar refractivity (Wildman–Crippen MR) is 74.4 cm³/mol. The fourth-order valence-corrected chi connectivity index (χ4v) is 2.61. The number of hydrogen-bond acceptors (Lipinski definition) is 3. The van der Waals surface area contributed by atoms with Crippen LogP contribution in [-0.2, 0) is 9.53 Å². The third-order valence-electron chi connectivity index (χ3n) is 4.07. The minimum absolute atomic E-state index is 0.0222. The number of amides is 1. The summed E-state index contributed by atoms with van der Waals surface area (Å²) in [6.07, 6.45) is 5.57. The highest BCUT2D eigenvalue weighted by atomic mass is 16.5. The Morgan fingerprint density at radius 1 is 1.32 bits per heavy atom. The molecule has 0 heterocycles. The average molecular weight is 266 g/mol. The zero-order valence-electron chi connectivity index (χ0n) is 12.4. The van der Waals surface area contributed by atoms with Crippen LogP contribution in [0.25, 0.3) is 0 Å². The van der Waals surface area contributed by atoms with Crippen LogP contribution in [0.4, 0.5) is 0 Å². The van der Waals surface area contributed by atoms with Crippen molar-refractivity contribution in [1.82, 2.24) is 5.32 Å². The Hall–Kier alpha value is -1.08. The van der Waals surface area contributed by atoms with Gasteiger partial charge < -0.3 is 10.1 Å². The molecule has 4 nitrogen and oxygen atoms in total. The molecule has 19 heavy (non-hydrogen) atoms. The maximum atomic E-state index is 12.5. The second-order valence-electron chi connectivity index (χ2n) is 5.89. The van der Waals surface area contributed by atoms with Crippen molar-refractivity contribution in [2.75, 3.05) is 13.7 Å². The Bertz CT molecular complexity index is 326. The number of nitrogens with zero attached hydrogens (tertiary/aromatic N) is 1. The van der Waals surface area contributed by atoms with Crippen molar-refractivity contribution in [3.8, 4) is 6.07 Å². The molecule has 0 aliphatic heterocycles. The molecule has 0 bridgehead atoms. The molecule has 0 aromatic rings. The Morgan fingerprint density at radius 2 is 1.89 bits per heavy atom. The number of hydrogen-bond donors (Lipinski definition) is 1. The van der Waals surface area contributed by atoms with E-state index in [1.165, 1.54) is 0 Å². The summed E-state index contributed by atoms with van der Waals surface area (Å²) >= 11 is 0. The van der Waals surface area contributed by atoms with E-state index in [1.54, 1.807) is 7.11 Å². The number of methoxy groups -OCH3 is 1. The summed E-state index contributed by atoms with van der Waals surface area (Å²) in [5, 5.41) is 12.5. The fraction of sp³-hybridized carbons (Fsp3) is 0.867. The molecule has 0 aromatic heterocycles.